The van der Waals surface area contributed by atoms with Gasteiger partial charge in [0.2, 0.25) is 5.91 Å². The van der Waals surface area contributed by atoms with Gasteiger partial charge in [0.05, 0.1) is 41.2 Å². The number of amides is 1. The number of hydrogen-bond donors (Lipinski definition) is 3. The summed E-state index contributed by atoms with van der Waals surface area (Å²) >= 11 is 0. The maximum absolute atomic E-state index is 14.3. The summed E-state index contributed by atoms with van der Waals surface area (Å²) in [6, 6.07) is 15.9. The fraction of sp³-hybridized carbons (Fsp3) is 0.167. The molecule has 0 aliphatic carbocycles. The van der Waals surface area contributed by atoms with Crippen LogP contribution in [0.15, 0.2) is 67.0 Å². The molecule has 0 unspecified atom stereocenters. The van der Waals surface area contributed by atoms with Gasteiger partial charge < -0.3 is 15.0 Å². The standard InChI is InChI=1S/C30H26FN7O2/c1-3-4-8-26(39)33-20-12-18(15-32-16-20)23-9-10-25-28(34-23)29(38-37-25)30-35-24-7-5-6-22(27(24)36-30)17-11-19(31)14-21(13-17)40-2/h5-7,9-16H,3-4,8H2,1-2H3,(H,33,39)(H,35,36)(H,37,38). The van der Waals surface area contributed by atoms with Crippen molar-refractivity contribution in [3.05, 3.63) is 72.8 Å². The summed E-state index contributed by atoms with van der Waals surface area (Å²) < 4.78 is 19.5. The van der Waals surface area contributed by atoms with Gasteiger partial charge in [-0.2, -0.15) is 5.10 Å². The number of H-pyrrole nitrogens is 2. The lowest BCUT2D eigenvalue weighted by Crippen LogP contribution is -2.11. The molecule has 40 heavy (non-hydrogen) atoms. The first kappa shape index (κ1) is 25.2. The molecular formula is C30H26FN7O2. The topological polar surface area (TPSA) is 121 Å². The van der Waals surface area contributed by atoms with Crippen LogP contribution in [0.1, 0.15) is 26.2 Å². The Bertz CT molecular complexity index is 1860. The van der Waals surface area contributed by atoms with Gasteiger partial charge in [-0.15, -0.1) is 0 Å². The van der Waals surface area contributed by atoms with E-state index < -0.39 is 5.82 Å². The Morgan fingerprint density at radius 2 is 1.90 bits per heavy atom. The number of carbonyl (C=O) groups is 1. The summed E-state index contributed by atoms with van der Waals surface area (Å²) in [5.41, 5.74) is 6.84. The van der Waals surface area contributed by atoms with Crippen molar-refractivity contribution >= 4 is 33.7 Å². The lowest BCUT2D eigenvalue weighted by atomic mass is 10.0. The van der Waals surface area contributed by atoms with Crippen molar-refractivity contribution in [2.75, 3.05) is 12.4 Å². The van der Waals surface area contributed by atoms with Crippen molar-refractivity contribution in [2.45, 2.75) is 26.2 Å². The summed E-state index contributed by atoms with van der Waals surface area (Å²) in [7, 11) is 1.51. The highest BCUT2D eigenvalue weighted by Gasteiger charge is 2.18. The Labute approximate surface area is 228 Å². The van der Waals surface area contributed by atoms with Crippen molar-refractivity contribution in [1.29, 1.82) is 0 Å². The number of benzene rings is 2. The molecular weight excluding hydrogens is 509 g/mol. The first-order valence-electron chi connectivity index (χ1n) is 13.0. The third-order valence-corrected chi connectivity index (χ3v) is 6.64. The number of nitrogens with zero attached hydrogens (tertiary/aromatic N) is 4. The molecule has 6 aromatic rings. The Hall–Kier alpha value is -5.12. The molecule has 0 bridgehead atoms. The molecule has 0 saturated carbocycles. The zero-order valence-electron chi connectivity index (χ0n) is 22.0. The van der Waals surface area contributed by atoms with Crippen LogP contribution < -0.4 is 10.1 Å². The Kier molecular flexibility index (Phi) is 6.65. The van der Waals surface area contributed by atoms with Crippen LogP contribution in [0.2, 0.25) is 0 Å². The average Bonchev–Trinajstić information content (AvgIpc) is 3.59. The molecule has 0 fully saturated rings. The molecule has 6 rings (SSSR count). The number of anilines is 1. The number of fused-ring (bicyclic) bond motifs is 2. The number of rotatable bonds is 8. The monoisotopic (exact) mass is 535 g/mol. The van der Waals surface area contributed by atoms with Gasteiger partial charge in [0.25, 0.3) is 0 Å². The molecule has 1 amide bonds. The fourth-order valence-corrected chi connectivity index (χ4v) is 4.65. The van der Waals surface area contributed by atoms with Gasteiger partial charge in [-0.05, 0) is 48.4 Å². The number of methoxy groups -OCH3 is 1. The minimum Gasteiger partial charge on any atom is -0.497 e. The van der Waals surface area contributed by atoms with Crippen molar-refractivity contribution in [3.8, 4) is 39.7 Å². The van der Waals surface area contributed by atoms with Crippen LogP contribution in [0, 0.1) is 5.82 Å². The molecule has 0 atom stereocenters. The number of ether oxygens (including phenoxy) is 1. The van der Waals surface area contributed by atoms with Crippen LogP contribution in [0.25, 0.3) is 56.0 Å². The number of nitrogens with one attached hydrogen (secondary N) is 3. The quantitative estimate of drug-likeness (QED) is 0.204. The summed E-state index contributed by atoms with van der Waals surface area (Å²) in [6.07, 6.45) is 5.58. The Morgan fingerprint density at radius 1 is 1.00 bits per heavy atom. The molecule has 4 aromatic heterocycles. The first-order chi connectivity index (χ1) is 19.5. The second-order valence-electron chi connectivity index (χ2n) is 9.45. The number of aromatic amines is 2. The molecule has 10 heteroatoms. The number of imidazole rings is 1. The maximum atomic E-state index is 14.3. The third-order valence-electron chi connectivity index (χ3n) is 6.64. The summed E-state index contributed by atoms with van der Waals surface area (Å²) in [5.74, 6) is 0.521. The van der Waals surface area contributed by atoms with E-state index in [1.807, 2.05) is 43.3 Å². The zero-order chi connectivity index (χ0) is 27.6. The van der Waals surface area contributed by atoms with Crippen molar-refractivity contribution in [1.82, 2.24) is 30.1 Å². The fourth-order valence-electron chi connectivity index (χ4n) is 4.65. The summed E-state index contributed by atoms with van der Waals surface area (Å²) in [6.45, 7) is 2.05. The van der Waals surface area contributed by atoms with Gasteiger partial charge in [-0.25, -0.2) is 14.4 Å². The molecule has 4 heterocycles. The summed E-state index contributed by atoms with van der Waals surface area (Å²) in [4.78, 5) is 29.5. The van der Waals surface area contributed by atoms with Crippen LogP contribution in [-0.2, 0) is 4.79 Å². The largest absolute Gasteiger partial charge is 0.497 e. The van der Waals surface area contributed by atoms with Gasteiger partial charge in [0, 0.05) is 29.8 Å². The predicted octanol–water partition coefficient (Wildman–Crippen LogP) is 6.51. The Balaban J connectivity index is 1.38. The number of aromatic nitrogens is 6. The molecule has 0 aliphatic rings. The average molecular weight is 536 g/mol. The highest BCUT2D eigenvalue weighted by molar-refractivity contribution is 5.96. The number of carbonyl (C=O) groups excluding carboxylic acids is 1. The molecule has 0 saturated heterocycles. The molecule has 3 N–H and O–H groups in total. The van der Waals surface area contributed by atoms with Crippen LogP contribution >= 0.6 is 0 Å². The summed E-state index contributed by atoms with van der Waals surface area (Å²) in [5, 5.41) is 10.4. The second-order valence-corrected chi connectivity index (χ2v) is 9.45. The first-order valence-corrected chi connectivity index (χ1v) is 13.0. The molecule has 0 aliphatic heterocycles. The van der Waals surface area contributed by atoms with E-state index in [-0.39, 0.29) is 5.91 Å². The van der Waals surface area contributed by atoms with E-state index in [1.165, 1.54) is 19.2 Å². The van der Waals surface area contributed by atoms with E-state index >= 15 is 0 Å². The number of unbranched alkanes of at least 4 members (excludes halogenated alkanes) is 1. The van der Waals surface area contributed by atoms with E-state index in [4.69, 9.17) is 14.7 Å². The van der Waals surface area contributed by atoms with E-state index in [2.05, 4.69) is 25.5 Å². The smallest absolute Gasteiger partial charge is 0.224 e. The highest BCUT2D eigenvalue weighted by Crippen LogP contribution is 2.33. The van der Waals surface area contributed by atoms with Crippen LogP contribution in [0.4, 0.5) is 10.1 Å². The zero-order valence-corrected chi connectivity index (χ0v) is 22.0. The lowest BCUT2D eigenvalue weighted by Gasteiger charge is -2.07. The van der Waals surface area contributed by atoms with Crippen LogP contribution in [0.5, 0.6) is 5.75 Å². The lowest BCUT2D eigenvalue weighted by molar-refractivity contribution is -0.116. The van der Waals surface area contributed by atoms with E-state index in [0.717, 1.165) is 35.0 Å². The number of para-hydroxylation sites is 1. The SMILES string of the molecule is CCCCC(=O)Nc1cncc(-c2ccc3[nH]nc(-c4nc5c(-c6cc(F)cc(OC)c6)cccc5[nH]4)c3n2)c1. The minimum absolute atomic E-state index is 0.0396. The normalized spacial score (nSPS) is 11.3. The second kappa shape index (κ2) is 10.6. The van der Waals surface area contributed by atoms with Gasteiger partial charge in [-0.3, -0.25) is 14.9 Å². The van der Waals surface area contributed by atoms with Gasteiger partial charge in [0.1, 0.15) is 17.1 Å². The molecule has 200 valence electrons. The highest BCUT2D eigenvalue weighted by atomic mass is 19.1. The van der Waals surface area contributed by atoms with Crippen LogP contribution in [-0.4, -0.2) is 43.2 Å². The van der Waals surface area contributed by atoms with Crippen molar-refractivity contribution in [2.24, 2.45) is 0 Å². The van der Waals surface area contributed by atoms with Gasteiger partial charge >= 0.3 is 0 Å². The van der Waals surface area contributed by atoms with Crippen molar-refractivity contribution in [3.63, 3.8) is 0 Å². The number of halogens is 1. The minimum atomic E-state index is -0.392. The third kappa shape index (κ3) is 4.86. The molecule has 9 nitrogen and oxygen atoms in total. The van der Waals surface area contributed by atoms with Gasteiger partial charge in [-0.1, -0.05) is 25.5 Å². The van der Waals surface area contributed by atoms with E-state index in [0.29, 0.717) is 51.7 Å². The molecule has 2 aromatic carbocycles. The van der Waals surface area contributed by atoms with Gasteiger partial charge in [0.15, 0.2) is 11.5 Å². The molecule has 0 spiro atoms. The number of hydrogen-bond acceptors (Lipinski definition) is 6. The van der Waals surface area contributed by atoms with E-state index in [9.17, 15) is 9.18 Å². The van der Waals surface area contributed by atoms with Crippen LogP contribution in [0.3, 0.4) is 0 Å². The predicted molar refractivity (Wildman–Crippen MR) is 152 cm³/mol. The van der Waals surface area contributed by atoms with E-state index in [1.54, 1.807) is 18.5 Å². The Morgan fingerprint density at radius 3 is 2.75 bits per heavy atom. The van der Waals surface area contributed by atoms with Crippen molar-refractivity contribution < 1.29 is 13.9 Å². The maximum Gasteiger partial charge on any atom is 0.224 e. The molecule has 0 radical (unpaired) electrons. The number of pyridine rings is 2.